The summed E-state index contributed by atoms with van der Waals surface area (Å²) in [4.78, 5) is 14.5. The smallest absolute Gasteiger partial charge is 0.234 e. The molecule has 21 heavy (non-hydrogen) atoms. The summed E-state index contributed by atoms with van der Waals surface area (Å²) in [6.45, 7) is 9.57. The van der Waals surface area contributed by atoms with Gasteiger partial charge in [-0.05, 0) is 51.5 Å². The largest absolute Gasteiger partial charge is 0.389 e. The van der Waals surface area contributed by atoms with E-state index in [0.717, 1.165) is 25.8 Å². The zero-order valence-corrected chi connectivity index (χ0v) is 14.1. The molecular weight excluding hydrogens is 264 g/mol. The molecule has 1 aliphatic heterocycles. The average molecular weight is 296 g/mol. The third kappa shape index (κ3) is 4.19. The Bertz CT molecular complexity index is 364. The van der Waals surface area contributed by atoms with Gasteiger partial charge in [-0.1, -0.05) is 26.7 Å². The van der Waals surface area contributed by atoms with E-state index in [9.17, 15) is 9.90 Å². The number of carbonyl (C=O) groups excluding carboxylic acids is 1. The fourth-order valence-electron chi connectivity index (χ4n) is 4.04. The van der Waals surface area contributed by atoms with Gasteiger partial charge in [0, 0.05) is 12.1 Å². The highest BCUT2D eigenvalue weighted by Crippen LogP contribution is 2.30. The molecule has 1 amide bonds. The van der Waals surface area contributed by atoms with Crippen LogP contribution in [0.2, 0.25) is 0 Å². The van der Waals surface area contributed by atoms with Crippen LogP contribution < -0.4 is 5.32 Å². The summed E-state index contributed by atoms with van der Waals surface area (Å²) in [5.74, 6) is 1.38. The minimum atomic E-state index is -0.733. The van der Waals surface area contributed by atoms with Crippen molar-refractivity contribution >= 4 is 5.91 Å². The molecule has 4 unspecified atom stereocenters. The lowest BCUT2D eigenvalue weighted by Gasteiger charge is -2.36. The highest BCUT2D eigenvalue weighted by Gasteiger charge is 2.37. The first-order valence-electron chi connectivity index (χ1n) is 8.55. The van der Waals surface area contributed by atoms with E-state index < -0.39 is 5.60 Å². The highest BCUT2D eigenvalue weighted by molar-refractivity contribution is 5.78. The number of nitrogens with zero attached hydrogens (tertiary/aromatic N) is 1. The summed E-state index contributed by atoms with van der Waals surface area (Å²) in [6.07, 6.45) is 5.64. The Kier molecular flexibility index (Phi) is 5.31. The Morgan fingerprint density at radius 1 is 1.24 bits per heavy atom. The first-order chi connectivity index (χ1) is 9.79. The van der Waals surface area contributed by atoms with Crippen molar-refractivity contribution in [1.29, 1.82) is 0 Å². The predicted octanol–water partition coefficient (Wildman–Crippen LogP) is 2.16. The molecule has 0 aromatic heterocycles. The number of rotatable bonds is 4. The number of hydrogen-bond donors (Lipinski definition) is 2. The molecule has 4 heteroatoms. The van der Waals surface area contributed by atoms with Crippen LogP contribution in [-0.2, 0) is 4.79 Å². The van der Waals surface area contributed by atoms with Gasteiger partial charge in [0.2, 0.25) is 5.91 Å². The summed E-state index contributed by atoms with van der Waals surface area (Å²) >= 11 is 0. The maximum Gasteiger partial charge on any atom is 0.234 e. The second-order valence-corrected chi connectivity index (χ2v) is 7.72. The number of amides is 1. The normalized spacial score (nSPS) is 34.9. The van der Waals surface area contributed by atoms with E-state index in [0.29, 0.717) is 24.4 Å². The van der Waals surface area contributed by atoms with Gasteiger partial charge in [0.15, 0.2) is 0 Å². The van der Waals surface area contributed by atoms with Crippen LogP contribution in [0.15, 0.2) is 0 Å². The van der Waals surface area contributed by atoms with Crippen molar-refractivity contribution in [2.45, 2.75) is 77.5 Å². The molecule has 0 bridgehead atoms. The summed E-state index contributed by atoms with van der Waals surface area (Å²) in [6, 6.07) is 0.426. The second kappa shape index (κ2) is 6.66. The van der Waals surface area contributed by atoms with Gasteiger partial charge >= 0.3 is 0 Å². The molecule has 2 N–H and O–H groups in total. The summed E-state index contributed by atoms with van der Waals surface area (Å²) in [7, 11) is 0. The first-order valence-corrected chi connectivity index (χ1v) is 8.55. The number of likely N-dealkylation sites (tertiary alicyclic amines) is 1. The average Bonchev–Trinajstić information content (AvgIpc) is 2.83. The Morgan fingerprint density at radius 3 is 2.62 bits per heavy atom. The molecule has 0 radical (unpaired) electrons. The monoisotopic (exact) mass is 296 g/mol. The summed E-state index contributed by atoms with van der Waals surface area (Å²) in [5, 5.41) is 13.5. The molecule has 1 aliphatic carbocycles. The lowest BCUT2D eigenvalue weighted by molar-refractivity contribution is -0.125. The van der Waals surface area contributed by atoms with E-state index in [2.05, 4.69) is 24.1 Å². The Labute approximate surface area is 129 Å². The van der Waals surface area contributed by atoms with E-state index in [1.807, 2.05) is 13.8 Å². The predicted molar refractivity (Wildman–Crippen MR) is 85.0 cm³/mol. The molecule has 2 aliphatic rings. The van der Waals surface area contributed by atoms with Crippen molar-refractivity contribution in [2.75, 3.05) is 13.1 Å². The van der Waals surface area contributed by atoms with Crippen LogP contribution >= 0.6 is 0 Å². The molecule has 0 aromatic rings. The van der Waals surface area contributed by atoms with Crippen LogP contribution in [0.1, 0.15) is 59.8 Å². The van der Waals surface area contributed by atoms with Crippen LogP contribution in [0, 0.1) is 11.8 Å². The Morgan fingerprint density at radius 2 is 1.95 bits per heavy atom. The summed E-state index contributed by atoms with van der Waals surface area (Å²) < 4.78 is 0. The van der Waals surface area contributed by atoms with E-state index in [1.165, 1.54) is 12.8 Å². The van der Waals surface area contributed by atoms with Crippen molar-refractivity contribution < 1.29 is 9.90 Å². The molecule has 4 atom stereocenters. The molecule has 4 nitrogen and oxygen atoms in total. The molecule has 1 saturated heterocycles. The zero-order chi connectivity index (χ0) is 15.6. The van der Waals surface area contributed by atoms with Crippen LogP contribution in [0.3, 0.4) is 0 Å². The third-order valence-corrected chi connectivity index (χ3v) is 5.58. The SMILES string of the molecule is CC1CCCC(NC(=O)CN2CCCC2C(C)(C)O)C1C. The minimum absolute atomic E-state index is 0.103. The van der Waals surface area contributed by atoms with E-state index >= 15 is 0 Å². The molecule has 1 heterocycles. The van der Waals surface area contributed by atoms with Gasteiger partial charge in [-0.2, -0.15) is 0 Å². The van der Waals surface area contributed by atoms with Gasteiger partial charge in [0.05, 0.1) is 12.1 Å². The van der Waals surface area contributed by atoms with Crippen LogP contribution in [0.5, 0.6) is 0 Å². The topological polar surface area (TPSA) is 52.6 Å². The van der Waals surface area contributed by atoms with Crippen LogP contribution in [0.25, 0.3) is 0 Å². The number of aliphatic hydroxyl groups is 1. The van der Waals surface area contributed by atoms with Crippen molar-refractivity contribution in [3.8, 4) is 0 Å². The van der Waals surface area contributed by atoms with Gasteiger partial charge in [-0.25, -0.2) is 0 Å². The van der Waals surface area contributed by atoms with Gasteiger partial charge in [-0.15, -0.1) is 0 Å². The van der Waals surface area contributed by atoms with Gasteiger partial charge in [0.1, 0.15) is 0 Å². The molecular formula is C17H32N2O2. The van der Waals surface area contributed by atoms with Gasteiger partial charge < -0.3 is 10.4 Å². The fourth-order valence-corrected chi connectivity index (χ4v) is 4.04. The highest BCUT2D eigenvalue weighted by atomic mass is 16.3. The van der Waals surface area contributed by atoms with E-state index in [-0.39, 0.29) is 11.9 Å². The van der Waals surface area contributed by atoms with Crippen molar-refractivity contribution in [3.63, 3.8) is 0 Å². The van der Waals surface area contributed by atoms with Crippen molar-refractivity contribution in [2.24, 2.45) is 11.8 Å². The molecule has 0 spiro atoms. The zero-order valence-electron chi connectivity index (χ0n) is 14.1. The lowest BCUT2D eigenvalue weighted by atomic mass is 9.78. The molecule has 1 saturated carbocycles. The van der Waals surface area contributed by atoms with Crippen molar-refractivity contribution in [3.05, 3.63) is 0 Å². The molecule has 2 rings (SSSR count). The first kappa shape index (κ1) is 16.8. The van der Waals surface area contributed by atoms with Crippen LogP contribution in [0.4, 0.5) is 0 Å². The van der Waals surface area contributed by atoms with Gasteiger partial charge in [0.25, 0.3) is 0 Å². The van der Waals surface area contributed by atoms with Gasteiger partial charge in [-0.3, -0.25) is 9.69 Å². The second-order valence-electron chi connectivity index (χ2n) is 7.72. The number of carbonyl (C=O) groups is 1. The number of hydrogen-bond acceptors (Lipinski definition) is 3. The van der Waals surface area contributed by atoms with E-state index in [1.54, 1.807) is 0 Å². The summed E-state index contributed by atoms with van der Waals surface area (Å²) in [5.41, 5.74) is -0.733. The van der Waals surface area contributed by atoms with Crippen molar-refractivity contribution in [1.82, 2.24) is 10.2 Å². The Hall–Kier alpha value is -0.610. The maximum absolute atomic E-state index is 12.4. The fraction of sp³-hybridized carbons (Fsp3) is 0.941. The maximum atomic E-state index is 12.4. The molecule has 2 fully saturated rings. The number of nitrogens with one attached hydrogen (secondary N) is 1. The third-order valence-electron chi connectivity index (χ3n) is 5.58. The quantitative estimate of drug-likeness (QED) is 0.836. The molecule has 122 valence electrons. The molecule has 0 aromatic carbocycles. The lowest BCUT2D eigenvalue weighted by Crippen LogP contribution is -2.51. The minimum Gasteiger partial charge on any atom is -0.389 e. The van der Waals surface area contributed by atoms with E-state index in [4.69, 9.17) is 0 Å². The standard InChI is InChI=1S/C17H32N2O2/c1-12-7-5-8-14(13(12)2)18-16(20)11-19-10-6-9-15(19)17(3,4)21/h12-15,21H,5-11H2,1-4H3,(H,18,20). The van der Waals surface area contributed by atoms with Crippen LogP contribution in [-0.4, -0.2) is 46.7 Å². The Balaban J connectivity index is 1.87.